The van der Waals surface area contributed by atoms with Crippen molar-refractivity contribution in [3.8, 4) is 0 Å². The summed E-state index contributed by atoms with van der Waals surface area (Å²) in [4.78, 5) is 25.0. The van der Waals surface area contributed by atoms with Gasteiger partial charge in [-0.05, 0) is 18.9 Å². The highest BCUT2D eigenvalue weighted by Crippen LogP contribution is 2.15. The first kappa shape index (κ1) is 16.9. The Balaban J connectivity index is 1.46. The van der Waals surface area contributed by atoms with E-state index < -0.39 is 0 Å². The van der Waals surface area contributed by atoms with Gasteiger partial charge in [0.25, 0.3) is 0 Å². The van der Waals surface area contributed by atoms with E-state index in [0.717, 1.165) is 30.8 Å². The predicted octanol–water partition coefficient (Wildman–Crippen LogP) is 0.0570. The zero-order valence-corrected chi connectivity index (χ0v) is 14.0. The van der Waals surface area contributed by atoms with Crippen LogP contribution in [0.4, 0.5) is 0 Å². The van der Waals surface area contributed by atoms with Gasteiger partial charge in [0.15, 0.2) is 0 Å². The van der Waals surface area contributed by atoms with Crippen molar-refractivity contribution < 1.29 is 19.1 Å². The van der Waals surface area contributed by atoms with Gasteiger partial charge in [0.2, 0.25) is 11.8 Å². The summed E-state index contributed by atoms with van der Waals surface area (Å²) in [5.41, 5.74) is 1.79. The van der Waals surface area contributed by atoms with Crippen LogP contribution in [-0.4, -0.2) is 59.0 Å². The van der Waals surface area contributed by atoms with Gasteiger partial charge >= 0.3 is 0 Å². The number of nitrogens with zero attached hydrogens (tertiary/aromatic N) is 3. The fourth-order valence-electron chi connectivity index (χ4n) is 2.98. The van der Waals surface area contributed by atoms with Gasteiger partial charge in [-0.3, -0.25) is 14.3 Å². The fraction of sp³-hybridized carbons (Fsp3) is 0.688. The summed E-state index contributed by atoms with van der Waals surface area (Å²) >= 11 is 0. The van der Waals surface area contributed by atoms with Crippen LogP contribution in [0.1, 0.15) is 31.2 Å². The fourth-order valence-corrected chi connectivity index (χ4v) is 2.98. The molecule has 2 aliphatic heterocycles. The largest absolute Gasteiger partial charge is 0.376 e. The monoisotopic (exact) mass is 336 g/mol. The number of carbonyl (C=O) groups is 2. The molecule has 0 aliphatic carbocycles. The van der Waals surface area contributed by atoms with Gasteiger partial charge in [0.1, 0.15) is 6.61 Å². The van der Waals surface area contributed by atoms with Gasteiger partial charge < -0.3 is 19.7 Å². The standard InChI is InChI=1S/C16H24N4O4/c1-12(21)17-8-13-7-14-9-19(4-5-20(14)18-13)16(22)11-23-10-15-3-2-6-24-15/h7,15H,2-6,8-11H2,1H3,(H,17,21)/t15-/m0/s1. The van der Waals surface area contributed by atoms with E-state index >= 15 is 0 Å². The molecule has 1 aromatic heterocycles. The second-order valence-electron chi connectivity index (χ2n) is 6.23. The first-order valence-electron chi connectivity index (χ1n) is 8.39. The maximum absolute atomic E-state index is 12.3. The number of carbonyl (C=O) groups excluding carboxylic acids is 2. The Morgan fingerprint density at radius 2 is 2.33 bits per heavy atom. The van der Waals surface area contributed by atoms with Crippen LogP contribution >= 0.6 is 0 Å². The minimum absolute atomic E-state index is 0.0103. The number of rotatable bonds is 6. The molecule has 0 unspecified atom stereocenters. The number of hydrogen-bond acceptors (Lipinski definition) is 5. The summed E-state index contributed by atoms with van der Waals surface area (Å²) < 4.78 is 12.9. The molecule has 1 atom stereocenters. The molecular weight excluding hydrogens is 312 g/mol. The smallest absolute Gasteiger partial charge is 0.248 e. The summed E-state index contributed by atoms with van der Waals surface area (Å²) in [5, 5.41) is 7.18. The topological polar surface area (TPSA) is 85.7 Å². The third kappa shape index (κ3) is 4.33. The van der Waals surface area contributed by atoms with Crippen molar-refractivity contribution in [1.82, 2.24) is 20.0 Å². The summed E-state index contributed by atoms with van der Waals surface area (Å²) in [6.07, 6.45) is 2.21. The number of fused-ring (bicyclic) bond motifs is 1. The summed E-state index contributed by atoms with van der Waals surface area (Å²) in [6.45, 7) is 5.06. The number of amides is 2. The quantitative estimate of drug-likeness (QED) is 0.794. The number of aromatic nitrogens is 2. The predicted molar refractivity (Wildman–Crippen MR) is 85.0 cm³/mol. The van der Waals surface area contributed by atoms with E-state index in [4.69, 9.17) is 9.47 Å². The van der Waals surface area contributed by atoms with E-state index in [1.54, 1.807) is 4.90 Å². The van der Waals surface area contributed by atoms with Crippen molar-refractivity contribution in [2.75, 3.05) is 26.4 Å². The zero-order valence-electron chi connectivity index (χ0n) is 14.0. The second-order valence-corrected chi connectivity index (χ2v) is 6.23. The normalized spacial score (nSPS) is 20.0. The molecule has 1 fully saturated rings. The third-order valence-corrected chi connectivity index (χ3v) is 4.27. The Morgan fingerprint density at radius 3 is 3.08 bits per heavy atom. The van der Waals surface area contributed by atoms with Crippen molar-refractivity contribution in [3.63, 3.8) is 0 Å². The van der Waals surface area contributed by atoms with E-state index in [-0.39, 0.29) is 24.5 Å². The van der Waals surface area contributed by atoms with Crippen LogP contribution in [0.2, 0.25) is 0 Å². The molecular formula is C16H24N4O4. The Kier molecular flexibility index (Phi) is 5.47. The lowest BCUT2D eigenvalue weighted by Crippen LogP contribution is -2.40. The molecule has 3 rings (SSSR count). The van der Waals surface area contributed by atoms with Crippen molar-refractivity contribution in [3.05, 3.63) is 17.5 Å². The van der Waals surface area contributed by atoms with E-state index in [9.17, 15) is 9.59 Å². The van der Waals surface area contributed by atoms with E-state index in [1.807, 2.05) is 10.7 Å². The maximum Gasteiger partial charge on any atom is 0.248 e. The molecule has 1 aromatic rings. The van der Waals surface area contributed by atoms with E-state index in [0.29, 0.717) is 32.8 Å². The average molecular weight is 336 g/mol. The molecule has 0 bridgehead atoms. The highest BCUT2D eigenvalue weighted by Gasteiger charge is 2.23. The summed E-state index contributed by atoms with van der Waals surface area (Å²) in [6, 6.07) is 1.93. The lowest BCUT2D eigenvalue weighted by molar-refractivity contribution is -0.138. The molecule has 0 spiro atoms. The lowest BCUT2D eigenvalue weighted by atomic mass is 10.2. The second kappa shape index (κ2) is 7.76. The first-order valence-corrected chi connectivity index (χ1v) is 8.39. The minimum Gasteiger partial charge on any atom is -0.376 e. The molecule has 8 nitrogen and oxygen atoms in total. The zero-order chi connectivity index (χ0) is 16.9. The number of nitrogens with one attached hydrogen (secondary N) is 1. The Labute approximate surface area is 141 Å². The molecule has 2 aliphatic rings. The van der Waals surface area contributed by atoms with Crippen LogP contribution in [0.3, 0.4) is 0 Å². The Hall–Kier alpha value is -1.93. The van der Waals surface area contributed by atoms with Gasteiger partial charge in [-0.1, -0.05) is 0 Å². The summed E-state index contributed by atoms with van der Waals surface area (Å²) in [7, 11) is 0. The van der Waals surface area contributed by atoms with E-state index in [1.165, 1.54) is 6.92 Å². The van der Waals surface area contributed by atoms with Gasteiger partial charge in [-0.2, -0.15) is 5.10 Å². The highest BCUT2D eigenvalue weighted by molar-refractivity contribution is 5.77. The number of ether oxygens (including phenoxy) is 2. The van der Waals surface area contributed by atoms with Crippen LogP contribution in [0.25, 0.3) is 0 Å². The Morgan fingerprint density at radius 1 is 1.46 bits per heavy atom. The number of hydrogen-bond donors (Lipinski definition) is 1. The molecule has 1 N–H and O–H groups in total. The van der Waals surface area contributed by atoms with Crippen LogP contribution in [0, 0.1) is 0 Å². The van der Waals surface area contributed by atoms with Crippen molar-refractivity contribution >= 4 is 11.8 Å². The van der Waals surface area contributed by atoms with Crippen molar-refractivity contribution in [1.29, 1.82) is 0 Å². The van der Waals surface area contributed by atoms with Crippen LogP contribution in [0.15, 0.2) is 6.07 Å². The Bertz CT molecular complexity index is 595. The average Bonchev–Trinajstić information content (AvgIpc) is 3.21. The van der Waals surface area contributed by atoms with Crippen LogP contribution < -0.4 is 5.32 Å². The third-order valence-electron chi connectivity index (χ3n) is 4.27. The summed E-state index contributed by atoms with van der Waals surface area (Å²) in [5.74, 6) is -0.0926. The molecule has 0 aromatic carbocycles. The molecule has 0 saturated carbocycles. The molecule has 132 valence electrons. The highest BCUT2D eigenvalue weighted by atomic mass is 16.5. The van der Waals surface area contributed by atoms with Crippen LogP contribution in [-0.2, 0) is 38.7 Å². The van der Waals surface area contributed by atoms with E-state index in [2.05, 4.69) is 10.4 Å². The maximum atomic E-state index is 12.3. The lowest BCUT2D eigenvalue weighted by Gasteiger charge is -2.27. The van der Waals surface area contributed by atoms with Crippen molar-refractivity contribution in [2.24, 2.45) is 0 Å². The first-order chi connectivity index (χ1) is 11.6. The molecule has 24 heavy (non-hydrogen) atoms. The molecule has 0 radical (unpaired) electrons. The van der Waals surface area contributed by atoms with Gasteiger partial charge in [0.05, 0.1) is 43.7 Å². The van der Waals surface area contributed by atoms with Gasteiger partial charge in [0, 0.05) is 20.1 Å². The minimum atomic E-state index is -0.0823. The molecule has 8 heteroatoms. The molecule has 2 amide bonds. The molecule has 3 heterocycles. The SMILES string of the molecule is CC(=O)NCc1cc2n(n1)CCN(C(=O)COC[C@@H]1CCCO1)C2. The molecule has 1 saturated heterocycles. The van der Waals surface area contributed by atoms with Gasteiger partial charge in [-0.25, -0.2) is 0 Å². The van der Waals surface area contributed by atoms with Crippen molar-refractivity contribution in [2.45, 2.75) is 45.5 Å². The van der Waals surface area contributed by atoms with Gasteiger partial charge in [-0.15, -0.1) is 0 Å². The van der Waals surface area contributed by atoms with Crippen LogP contribution in [0.5, 0.6) is 0 Å².